The zero-order chi connectivity index (χ0) is 19.4. The van der Waals surface area contributed by atoms with Crippen LogP contribution in [0.4, 0.5) is 5.69 Å². The van der Waals surface area contributed by atoms with Gasteiger partial charge in [-0.3, -0.25) is 14.0 Å². The van der Waals surface area contributed by atoms with E-state index in [4.69, 9.17) is 0 Å². The van der Waals surface area contributed by atoms with Crippen LogP contribution in [0, 0.1) is 13.8 Å². The maximum atomic E-state index is 12.3. The summed E-state index contributed by atoms with van der Waals surface area (Å²) in [4.78, 5) is 28.9. The first-order chi connectivity index (χ1) is 13.0. The van der Waals surface area contributed by atoms with E-state index < -0.39 is 0 Å². The number of aryl methyl sites for hydroxylation is 2. The molecule has 0 aliphatic heterocycles. The van der Waals surface area contributed by atoms with E-state index in [1.54, 1.807) is 13.1 Å². The summed E-state index contributed by atoms with van der Waals surface area (Å²) >= 11 is 1.36. The Morgan fingerprint density at radius 1 is 1.15 bits per heavy atom. The minimum Gasteiger partial charge on any atom is -0.346 e. The molecule has 6 nitrogen and oxygen atoms in total. The molecule has 2 aromatic heterocycles. The third kappa shape index (κ3) is 4.49. The van der Waals surface area contributed by atoms with Gasteiger partial charge in [-0.2, -0.15) is 0 Å². The van der Waals surface area contributed by atoms with Crippen LogP contribution in [0.2, 0.25) is 0 Å². The lowest BCUT2D eigenvalue weighted by Gasteiger charge is -2.13. The van der Waals surface area contributed by atoms with Crippen molar-refractivity contribution in [2.45, 2.75) is 31.2 Å². The Bertz CT molecular complexity index is 963. The molecule has 0 bridgehead atoms. The molecule has 3 rings (SSSR count). The fourth-order valence-electron chi connectivity index (χ4n) is 2.72. The van der Waals surface area contributed by atoms with E-state index >= 15 is 0 Å². The molecule has 27 heavy (non-hydrogen) atoms. The minimum absolute atomic E-state index is 0.0696. The first kappa shape index (κ1) is 19.0. The number of aromatic nitrogens is 2. The van der Waals surface area contributed by atoms with Crippen molar-refractivity contribution in [3.8, 4) is 0 Å². The monoisotopic (exact) mass is 382 g/mol. The van der Waals surface area contributed by atoms with Crippen molar-refractivity contribution in [2.75, 3.05) is 11.9 Å². The molecule has 1 aromatic carbocycles. The molecule has 0 saturated carbocycles. The second kappa shape index (κ2) is 8.26. The second-order valence-electron chi connectivity index (χ2n) is 6.33. The first-order valence-corrected chi connectivity index (χ1v) is 9.56. The number of thioether (sulfide) groups is 1. The summed E-state index contributed by atoms with van der Waals surface area (Å²) in [7, 11) is 0. The number of imidazole rings is 1. The molecule has 0 aliphatic carbocycles. The smallest absolute Gasteiger partial charge is 0.243 e. The molecule has 2 N–H and O–H groups in total. The van der Waals surface area contributed by atoms with Gasteiger partial charge in [0.15, 0.2) is 5.16 Å². The van der Waals surface area contributed by atoms with Gasteiger partial charge in [0.1, 0.15) is 0 Å². The van der Waals surface area contributed by atoms with Gasteiger partial charge in [0, 0.05) is 11.9 Å². The third-order valence-corrected chi connectivity index (χ3v) is 5.31. The number of fused-ring (bicyclic) bond motifs is 1. The van der Waals surface area contributed by atoms with Gasteiger partial charge in [-0.15, -0.1) is 0 Å². The molecule has 0 aliphatic rings. The Hall–Kier alpha value is -2.80. The SMILES string of the molecule is Cc1cccc(C)c1NC(=O)CNC(=O)[C@@H](C)Sc1ncc2ccccn12. The first-order valence-electron chi connectivity index (χ1n) is 8.68. The van der Waals surface area contributed by atoms with Crippen molar-refractivity contribution in [1.29, 1.82) is 0 Å². The van der Waals surface area contributed by atoms with Gasteiger partial charge >= 0.3 is 0 Å². The second-order valence-corrected chi connectivity index (χ2v) is 7.64. The van der Waals surface area contributed by atoms with Crippen LogP contribution in [0.5, 0.6) is 0 Å². The molecular formula is C20H22N4O2S. The average Bonchev–Trinajstić information content (AvgIpc) is 3.06. The number of nitrogens with one attached hydrogen (secondary N) is 2. The molecule has 3 aromatic rings. The number of hydrogen-bond acceptors (Lipinski definition) is 4. The Labute approximate surface area is 162 Å². The fourth-order valence-corrected chi connectivity index (χ4v) is 3.62. The standard InChI is InChI=1S/C20H22N4O2S/c1-13-7-6-8-14(2)18(13)23-17(25)12-21-19(26)15(3)27-20-22-11-16-9-4-5-10-24(16)20/h4-11,15H,12H2,1-3H3,(H,21,26)(H,23,25)/t15-/m1/s1. The van der Waals surface area contributed by atoms with Gasteiger partial charge in [0.2, 0.25) is 11.8 Å². The third-order valence-electron chi connectivity index (χ3n) is 4.22. The number of carbonyl (C=O) groups excluding carboxylic acids is 2. The van der Waals surface area contributed by atoms with Crippen LogP contribution in [0.1, 0.15) is 18.1 Å². The predicted molar refractivity (Wildman–Crippen MR) is 108 cm³/mol. The topological polar surface area (TPSA) is 75.5 Å². The number of benzene rings is 1. The molecule has 0 unspecified atom stereocenters. The van der Waals surface area contributed by atoms with Crippen LogP contribution >= 0.6 is 11.8 Å². The zero-order valence-corrected chi connectivity index (χ0v) is 16.3. The highest BCUT2D eigenvalue weighted by atomic mass is 32.2. The number of rotatable bonds is 6. The molecule has 7 heteroatoms. The van der Waals surface area contributed by atoms with Crippen molar-refractivity contribution in [3.63, 3.8) is 0 Å². The van der Waals surface area contributed by atoms with Crippen LogP contribution in [0.3, 0.4) is 0 Å². The number of hydrogen-bond donors (Lipinski definition) is 2. The van der Waals surface area contributed by atoms with E-state index in [0.717, 1.165) is 27.5 Å². The van der Waals surface area contributed by atoms with E-state index in [1.807, 2.05) is 60.8 Å². The number of anilines is 1. The molecule has 2 heterocycles. The van der Waals surface area contributed by atoms with Gasteiger partial charge in [-0.25, -0.2) is 4.98 Å². The molecule has 140 valence electrons. The van der Waals surface area contributed by atoms with E-state index in [9.17, 15) is 9.59 Å². The van der Waals surface area contributed by atoms with Crippen LogP contribution < -0.4 is 10.6 Å². The van der Waals surface area contributed by atoms with Crippen LogP contribution in [0.25, 0.3) is 5.52 Å². The zero-order valence-electron chi connectivity index (χ0n) is 15.5. The van der Waals surface area contributed by atoms with Crippen LogP contribution in [-0.4, -0.2) is 33.0 Å². The minimum atomic E-state index is -0.371. The Kier molecular flexibility index (Phi) is 5.81. The van der Waals surface area contributed by atoms with E-state index in [-0.39, 0.29) is 23.6 Å². The Morgan fingerprint density at radius 3 is 2.63 bits per heavy atom. The van der Waals surface area contributed by atoms with Crippen LogP contribution in [-0.2, 0) is 9.59 Å². The maximum Gasteiger partial charge on any atom is 0.243 e. The van der Waals surface area contributed by atoms with Gasteiger partial charge < -0.3 is 10.6 Å². The summed E-state index contributed by atoms with van der Waals surface area (Å²) in [5.41, 5.74) is 3.75. The van der Waals surface area contributed by atoms with Crippen molar-refractivity contribution < 1.29 is 9.59 Å². The molecule has 2 amide bonds. The predicted octanol–water partition coefficient (Wildman–Crippen LogP) is 3.19. The molecule has 0 radical (unpaired) electrons. The highest BCUT2D eigenvalue weighted by molar-refractivity contribution is 8.00. The normalized spacial score (nSPS) is 12.0. The molecule has 0 spiro atoms. The number of para-hydroxylation sites is 1. The number of carbonyl (C=O) groups is 2. The van der Waals surface area contributed by atoms with Gasteiger partial charge in [-0.1, -0.05) is 36.0 Å². The lowest BCUT2D eigenvalue weighted by atomic mass is 10.1. The average molecular weight is 382 g/mol. The molecule has 1 atom stereocenters. The van der Waals surface area contributed by atoms with E-state index in [2.05, 4.69) is 15.6 Å². The van der Waals surface area contributed by atoms with E-state index in [0.29, 0.717) is 0 Å². The van der Waals surface area contributed by atoms with Crippen molar-refractivity contribution >= 4 is 34.8 Å². The number of pyridine rings is 1. The van der Waals surface area contributed by atoms with Crippen molar-refractivity contribution in [2.24, 2.45) is 0 Å². The number of nitrogens with zero attached hydrogens (tertiary/aromatic N) is 2. The molecular weight excluding hydrogens is 360 g/mol. The Morgan fingerprint density at radius 2 is 1.89 bits per heavy atom. The number of amides is 2. The quantitative estimate of drug-likeness (QED) is 0.642. The maximum absolute atomic E-state index is 12.3. The van der Waals surface area contributed by atoms with Gasteiger partial charge in [0.25, 0.3) is 0 Å². The molecule has 0 fully saturated rings. The Balaban J connectivity index is 1.55. The lowest BCUT2D eigenvalue weighted by Crippen LogP contribution is -2.37. The summed E-state index contributed by atoms with van der Waals surface area (Å²) < 4.78 is 1.93. The fraction of sp³-hybridized carbons (Fsp3) is 0.250. The highest BCUT2D eigenvalue weighted by Crippen LogP contribution is 2.23. The molecule has 0 saturated heterocycles. The summed E-state index contributed by atoms with van der Waals surface area (Å²) in [5, 5.41) is 5.93. The lowest BCUT2D eigenvalue weighted by molar-refractivity contribution is -0.123. The van der Waals surface area contributed by atoms with Gasteiger partial charge in [-0.05, 0) is 44.0 Å². The summed E-state index contributed by atoms with van der Waals surface area (Å²) in [6.07, 6.45) is 3.68. The highest BCUT2D eigenvalue weighted by Gasteiger charge is 2.18. The summed E-state index contributed by atoms with van der Waals surface area (Å²) in [5.74, 6) is -0.450. The summed E-state index contributed by atoms with van der Waals surface area (Å²) in [6, 6.07) is 11.6. The van der Waals surface area contributed by atoms with E-state index in [1.165, 1.54) is 11.8 Å². The van der Waals surface area contributed by atoms with Crippen LogP contribution in [0.15, 0.2) is 53.9 Å². The largest absolute Gasteiger partial charge is 0.346 e. The van der Waals surface area contributed by atoms with Crippen molar-refractivity contribution in [3.05, 3.63) is 59.9 Å². The van der Waals surface area contributed by atoms with Gasteiger partial charge in [0.05, 0.1) is 23.5 Å². The summed E-state index contributed by atoms with van der Waals surface area (Å²) in [6.45, 7) is 5.61. The van der Waals surface area contributed by atoms with Crippen molar-refractivity contribution in [1.82, 2.24) is 14.7 Å².